The zero-order valence-electron chi connectivity index (χ0n) is 19.2. The largest absolute Gasteiger partial charge is 0.489 e. The molecule has 4 rings (SSSR count). The van der Waals surface area contributed by atoms with E-state index in [-0.39, 0.29) is 12.0 Å². The molecule has 1 N–H and O–H groups in total. The predicted molar refractivity (Wildman–Crippen MR) is 131 cm³/mol. The van der Waals surface area contributed by atoms with Crippen LogP contribution in [0, 0.1) is 17.2 Å². The van der Waals surface area contributed by atoms with Crippen molar-refractivity contribution in [2.45, 2.75) is 37.9 Å². The van der Waals surface area contributed by atoms with Gasteiger partial charge in [-0.3, -0.25) is 0 Å². The Balaban J connectivity index is 1.37. The molecular formula is C29H32N2O2. The average molecular weight is 441 g/mol. The van der Waals surface area contributed by atoms with Crippen LogP contribution in [0.1, 0.15) is 42.9 Å². The Hall–Kier alpha value is -3.13. The molecule has 0 aliphatic carbocycles. The lowest BCUT2D eigenvalue weighted by Gasteiger charge is -2.42. The van der Waals surface area contributed by atoms with E-state index in [4.69, 9.17) is 4.74 Å². The van der Waals surface area contributed by atoms with Crippen molar-refractivity contribution in [3.63, 3.8) is 0 Å². The van der Waals surface area contributed by atoms with Gasteiger partial charge in [-0.2, -0.15) is 5.26 Å². The number of nitrogens with zero attached hydrogens (tertiary/aromatic N) is 2. The fourth-order valence-electron chi connectivity index (χ4n) is 4.90. The van der Waals surface area contributed by atoms with Crippen LogP contribution in [-0.4, -0.2) is 35.7 Å². The van der Waals surface area contributed by atoms with Crippen molar-refractivity contribution in [1.29, 1.82) is 5.26 Å². The van der Waals surface area contributed by atoms with Crippen LogP contribution >= 0.6 is 0 Å². The third-order valence-electron chi connectivity index (χ3n) is 6.79. The molecule has 1 atom stereocenters. The van der Waals surface area contributed by atoms with Crippen molar-refractivity contribution in [1.82, 2.24) is 4.90 Å². The third-order valence-corrected chi connectivity index (χ3v) is 6.79. The van der Waals surface area contributed by atoms with Crippen molar-refractivity contribution in [3.05, 3.63) is 102 Å². The number of benzene rings is 3. The number of aliphatic hydroxyl groups is 1. The minimum absolute atomic E-state index is 0.0304. The maximum Gasteiger partial charge on any atom is 0.137 e. The molecule has 170 valence electrons. The van der Waals surface area contributed by atoms with Gasteiger partial charge in [-0.25, -0.2) is 0 Å². The number of likely N-dealkylation sites (tertiary alicyclic amines) is 1. The maximum absolute atomic E-state index is 12.0. The Morgan fingerprint density at radius 2 is 1.48 bits per heavy atom. The van der Waals surface area contributed by atoms with Gasteiger partial charge < -0.3 is 14.7 Å². The van der Waals surface area contributed by atoms with Gasteiger partial charge in [-0.15, -0.1) is 0 Å². The summed E-state index contributed by atoms with van der Waals surface area (Å²) in [6.45, 7) is 4.91. The van der Waals surface area contributed by atoms with E-state index in [0.717, 1.165) is 50.0 Å². The summed E-state index contributed by atoms with van der Waals surface area (Å²) in [4.78, 5) is 2.46. The van der Waals surface area contributed by atoms with Crippen LogP contribution in [0.2, 0.25) is 0 Å². The lowest BCUT2D eigenvalue weighted by atomic mass is 9.72. The Labute approximate surface area is 197 Å². The van der Waals surface area contributed by atoms with Gasteiger partial charge in [0.05, 0.1) is 11.7 Å². The van der Waals surface area contributed by atoms with Crippen LogP contribution in [0.15, 0.2) is 84.9 Å². The summed E-state index contributed by atoms with van der Waals surface area (Å²) >= 11 is 0. The fourth-order valence-corrected chi connectivity index (χ4v) is 4.90. The number of nitriles is 1. The minimum Gasteiger partial charge on any atom is -0.489 e. The first-order valence-corrected chi connectivity index (χ1v) is 11.8. The van der Waals surface area contributed by atoms with Crippen LogP contribution < -0.4 is 4.74 Å². The molecule has 1 aliphatic rings. The number of hydrogen-bond donors (Lipinski definition) is 1. The van der Waals surface area contributed by atoms with Crippen molar-refractivity contribution in [2.24, 2.45) is 5.92 Å². The highest BCUT2D eigenvalue weighted by Crippen LogP contribution is 2.41. The molecule has 0 radical (unpaired) electrons. The molecule has 1 aliphatic heterocycles. The molecule has 0 spiro atoms. The lowest BCUT2D eigenvalue weighted by Crippen LogP contribution is -2.44. The second kappa shape index (κ2) is 10.7. The van der Waals surface area contributed by atoms with E-state index >= 15 is 0 Å². The van der Waals surface area contributed by atoms with Crippen LogP contribution in [0.25, 0.3) is 0 Å². The van der Waals surface area contributed by atoms with Gasteiger partial charge in [-0.05, 0) is 68.5 Å². The molecule has 0 amide bonds. The second-order valence-electron chi connectivity index (χ2n) is 8.94. The monoisotopic (exact) mass is 440 g/mol. The molecule has 1 heterocycles. The van der Waals surface area contributed by atoms with Gasteiger partial charge in [0.25, 0.3) is 0 Å². The van der Waals surface area contributed by atoms with Crippen molar-refractivity contribution in [3.8, 4) is 11.8 Å². The van der Waals surface area contributed by atoms with Gasteiger partial charge in [-0.1, -0.05) is 72.8 Å². The first kappa shape index (κ1) is 23.0. The number of hydrogen-bond acceptors (Lipinski definition) is 4. The molecule has 0 bridgehead atoms. The number of ether oxygens (including phenoxy) is 1. The summed E-state index contributed by atoms with van der Waals surface area (Å²) in [6.07, 6.45) is 2.80. The summed E-state index contributed by atoms with van der Waals surface area (Å²) in [5, 5.41) is 21.3. The van der Waals surface area contributed by atoms with Gasteiger partial charge in [0.15, 0.2) is 0 Å². The molecular weight excluding hydrogens is 408 g/mol. The van der Waals surface area contributed by atoms with Crippen LogP contribution in [0.3, 0.4) is 0 Å². The number of rotatable bonds is 8. The van der Waals surface area contributed by atoms with Crippen LogP contribution in [0.5, 0.6) is 5.75 Å². The van der Waals surface area contributed by atoms with Crippen molar-refractivity contribution in [2.75, 3.05) is 19.6 Å². The summed E-state index contributed by atoms with van der Waals surface area (Å²) < 4.78 is 6.03. The number of para-hydroxylation sites is 1. The molecule has 1 saturated heterocycles. The van der Waals surface area contributed by atoms with E-state index in [0.29, 0.717) is 11.3 Å². The highest BCUT2D eigenvalue weighted by atomic mass is 16.5. The molecule has 3 aromatic rings. The normalized spacial score (nSPS) is 16.2. The molecule has 3 aromatic carbocycles. The Bertz CT molecular complexity index is 1010. The van der Waals surface area contributed by atoms with Crippen LogP contribution in [-0.2, 0) is 5.60 Å². The van der Waals surface area contributed by atoms with E-state index in [1.165, 1.54) is 0 Å². The standard InChI is InChI=1S/C29H32N2O2/c1-23(33-28-15-9-8-10-24(28)22-30)16-19-31-20-17-27(18-21-31)29(32,25-11-4-2-5-12-25)26-13-6-3-7-14-26/h2-15,23,27,32H,16-21H2,1H3. The van der Waals surface area contributed by atoms with E-state index in [9.17, 15) is 10.4 Å². The van der Waals surface area contributed by atoms with Crippen molar-refractivity contribution >= 4 is 0 Å². The Morgan fingerprint density at radius 3 is 2.06 bits per heavy atom. The lowest BCUT2D eigenvalue weighted by molar-refractivity contribution is -0.0152. The minimum atomic E-state index is -0.980. The fraction of sp³-hybridized carbons (Fsp3) is 0.345. The van der Waals surface area contributed by atoms with Gasteiger partial charge in [0, 0.05) is 6.54 Å². The molecule has 0 saturated carbocycles. The van der Waals surface area contributed by atoms with Crippen molar-refractivity contribution < 1.29 is 9.84 Å². The van der Waals surface area contributed by atoms with Gasteiger partial charge in [0.1, 0.15) is 17.4 Å². The molecule has 33 heavy (non-hydrogen) atoms. The highest BCUT2D eigenvalue weighted by molar-refractivity contribution is 5.42. The Kier molecular flexibility index (Phi) is 7.44. The van der Waals surface area contributed by atoms with Gasteiger partial charge in [0.2, 0.25) is 0 Å². The van der Waals surface area contributed by atoms with Crippen LogP contribution in [0.4, 0.5) is 0 Å². The molecule has 1 fully saturated rings. The Morgan fingerprint density at radius 1 is 0.939 bits per heavy atom. The molecule has 1 unspecified atom stereocenters. The van der Waals surface area contributed by atoms with E-state index in [1.807, 2.05) is 78.9 Å². The molecule has 4 nitrogen and oxygen atoms in total. The first-order valence-electron chi connectivity index (χ1n) is 11.8. The quantitative estimate of drug-likeness (QED) is 0.512. The summed E-state index contributed by atoms with van der Waals surface area (Å²) in [5.41, 5.74) is 1.53. The summed E-state index contributed by atoms with van der Waals surface area (Å²) in [5.74, 6) is 0.816. The topological polar surface area (TPSA) is 56.5 Å². The predicted octanol–water partition coefficient (Wildman–Crippen LogP) is 5.36. The van der Waals surface area contributed by atoms with E-state index < -0.39 is 5.60 Å². The molecule has 4 heteroatoms. The van der Waals surface area contributed by atoms with E-state index in [2.05, 4.69) is 17.9 Å². The second-order valence-corrected chi connectivity index (χ2v) is 8.94. The molecule has 0 aromatic heterocycles. The zero-order valence-corrected chi connectivity index (χ0v) is 19.2. The van der Waals surface area contributed by atoms with E-state index in [1.54, 1.807) is 6.07 Å². The number of piperidine rings is 1. The summed E-state index contributed by atoms with van der Waals surface area (Å²) in [6, 6.07) is 29.7. The van der Waals surface area contributed by atoms with Gasteiger partial charge >= 0.3 is 0 Å². The smallest absolute Gasteiger partial charge is 0.137 e. The highest BCUT2D eigenvalue weighted by Gasteiger charge is 2.41. The maximum atomic E-state index is 12.0. The SMILES string of the molecule is CC(CCN1CCC(C(O)(c2ccccc2)c2ccccc2)CC1)Oc1ccccc1C#N. The summed E-state index contributed by atoms with van der Waals surface area (Å²) in [7, 11) is 0. The first-order chi connectivity index (χ1) is 16.1. The zero-order chi connectivity index (χ0) is 23.1. The average Bonchev–Trinajstić information content (AvgIpc) is 2.88. The third kappa shape index (κ3) is 5.27.